The van der Waals surface area contributed by atoms with Crippen molar-refractivity contribution in [1.82, 2.24) is 25.2 Å². The number of rotatable bonds is 3. The molecule has 3 aromatic rings. The lowest BCUT2D eigenvalue weighted by atomic mass is 9.80. The van der Waals surface area contributed by atoms with Crippen LogP contribution in [0.5, 0.6) is 0 Å². The molecular formula is C27H32N6O2. The summed E-state index contributed by atoms with van der Waals surface area (Å²) in [4.78, 5) is 35.5. The van der Waals surface area contributed by atoms with Gasteiger partial charge in [0, 0.05) is 24.2 Å². The van der Waals surface area contributed by atoms with Crippen LogP contribution in [0.1, 0.15) is 73.0 Å². The van der Waals surface area contributed by atoms with Crippen molar-refractivity contribution in [3.8, 4) is 0 Å². The summed E-state index contributed by atoms with van der Waals surface area (Å²) in [6.45, 7) is 1.52. The summed E-state index contributed by atoms with van der Waals surface area (Å²) in [6.07, 6.45) is 9.34. The number of fused-ring (bicyclic) bond motifs is 5. The van der Waals surface area contributed by atoms with E-state index in [1.54, 1.807) is 6.20 Å². The number of hydrogen-bond donors (Lipinski definition) is 3. The van der Waals surface area contributed by atoms with Crippen LogP contribution in [0.15, 0.2) is 42.6 Å². The van der Waals surface area contributed by atoms with Crippen LogP contribution in [0.3, 0.4) is 0 Å². The highest BCUT2D eigenvalue weighted by molar-refractivity contribution is 5.99. The molecule has 2 amide bonds. The van der Waals surface area contributed by atoms with Crippen molar-refractivity contribution in [3.05, 3.63) is 53.9 Å². The SMILES string of the molecule is O=C1NC2CCCCCCC2n2c1cc1cnc(NC(=O)C3CNCCC3c3ccccc3)nc12. The minimum atomic E-state index is -0.201. The molecule has 3 N–H and O–H groups in total. The van der Waals surface area contributed by atoms with E-state index in [1.165, 1.54) is 18.4 Å². The standard InChI is InChI=1S/C27H32N6O2/c34-25(20-16-28-13-12-19(20)17-8-4-3-5-9-17)32-27-29-15-18-14-23-26(35)30-21-10-6-1-2-7-11-22(21)33(23)24(18)31-27/h3-5,8-9,14-15,19-22,28H,1-2,6-7,10-13,16H2,(H,30,35)(H,29,31,32,34). The van der Waals surface area contributed by atoms with Gasteiger partial charge in [-0.3, -0.25) is 14.9 Å². The average Bonchev–Trinajstić information content (AvgIpc) is 3.25. The van der Waals surface area contributed by atoms with Gasteiger partial charge in [0.2, 0.25) is 11.9 Å². The fourth-order valence-electron chi connectivity index (χ4n) is 6.20. The molecule has 1 aromatic carbocycles. The van der Waals surface area contributed by atoms with Gasteiger partial charge in [-0.2, -0.15) is 4.98 Å². The van der Waals surface area contributed by atoms with Crippen LogP contribution < -0.4 is 16.0 Å². The first-order valence-corrected chi connectivity index (χ1v) is 12.9. The van der Waals surface area contributed by atoms with Crippen LogP contribution in [0, 0.1) is 5.92 Å². The zero-order valence-electron chi connectivity index (χ0n) is 19.9. The second-order valence-corrected chi connectivity index (χ2v) is 10.1. The summed E-state index contributed by atoms with van der Waals surface area (Å²) in [7, 11) is 0. The molecule has 4 heterocycles. The van der Waals surface area contributed by atoms with Crippen molar-refractivity contribution in [2.75, 3.05) is 18.4 Å². The molecule has 1 aliphatic carbocycles. The lowest BCUT2D eigenvalue weighted by molar-refractivity contribution is -0.121. The van der Waals surface area contributed by atoms with Gasteiger partial charge in [-0.25, -0.2) is 4.98 Å². The van der Waals surface area contributed by atoms with E-state index in [0.29, 0.717) is 18.2 Å². The maximum atomic E-state index is 13.4. The number of amides is 2. The number of piperidine rings is 1. The van der Waals surface area contributed by atoms with E-state index < -0.39 is 0 Å². The molecule has 0 bridgehead atoms. The summed E-state index contributed by atoms with van der Waals surface area (Å²) in [5.41, 5.74) is 2.56. The second kappa shape index (κ2) is 9.41. The molecule has 0 radical (unpaired) electrons. The average molecular weight is 473 g/mol. The van der Waals surface area contributed by atoms with E-state index in [9.17, 15) is 9.59 Å². The Hall–Kier alpha value is -3.26. The molecule has 8 nitrogen and oxygen atoms in total. The Morgan fingerprint density at radius 1 is 1.06 bits per heavy atom. The number of benzene rings is 1. The Kier molecular flexibility index (Phi) is 5.98. The molecule has 8 heteroatoms. The third kappa shape index (κ3) is 4.20. The summed E-state index contributed by atoms with van der Waals surface area (Å²) >= 11 is 0. The van der Waals surface area contributed by atoms with E-state index in [-0.39, 0.29) is 35.7 Å². The van der Waals surface area contributed by atoms with E-state index >= 15 is 0 Å². The highest BCUT2D eigenvalue weighted by atomic mass is 16.2. The third-order valence-electron chi connectivity index (χ3n) is 7.97. The normalized spacial score (nSPS) is 26.7. The lowest BCUT2D eigenvalue weighted by Crippen LogP contribution is -2.47. The minimum Gasteiger partial charge on any atom is -0.346 e. The van der Waals surface area contributed by atoms with Crippen LogP contribution >= 0.6 is 0 Å². The summed E-state index contributed by atoms with van der Waals surface area (Å²) in [6, 6.07) is 12.4. The van der Waals surface area contributed by atoms with Crippen molar-refractivity contribution in [3.63, 3.8) is 0 Å². The number of nitrogens with zero attached hydrogens (tertiary/aromatic N) is 3. The molecule has 2 fully saturated rings. The van der Waals surface area contributed by atoms with Crippen LogP contribution in [0.2, 0.25) is 0 Å². The number of carbonyl (C=O) groups excluding carboxylic acids is 2. The van der Waals surface area contributed by atoms with Gasteiger partial charge < -0.3 is 15.2 Å². The van der Waals surface area contributed by atoms with Gasteiger partial charge in [-0.15, -0.1) is 0 Å². The van der Waals surface area contributed by atoms with Gasteiger partial charge in [0.1, 0.15) is 11.3 Å². The first-order chi connectivity index (χ1) is 17.2. The maximum absolute atomic E-state index is 13.4. The number of anilines is 1. The van der Waals surface area contributed by atoms with E-state index in [0.717, 1.165) is 49.7 Å². The van der Waals surface area contributed by atoms with Gasteiger partial charge in [0.25, 0.3) is 5.91 Å². The van der Waals surface area contributed by atoms with Crippen LogP contribution in [0.25, 0.3) is 11.0 Å². The molecule has 35 heavy (non-hydrogen) atoms. The first-order valence-electron chi connectivity index (χ1n) is 12.9. The first kappa shape index (κ1) is 22.2. The van der Waals surface area contributed by atoms with Crippen molar-refractivity contribution in [2.24, 2.45) is 5.92 Å². The zero-order chi connectivity index (χ0) is 23.8. The minimum absolute atomic E-state index is 0.0469. The molecule has 3 aliphatic rings. The maximum Gasteiger partial charge on any atom is 0.268 e. The van der Waals surface area contributed by atoms with Crippen LogP contribution in [-0.4, -0.2) is 45.5 Å². The van der Waals surface area contributed by atoms with Crippen molar-refractivity contribution in [1.29, 1.82) is 0 Å². The molecule has 4 unspecified atom stereocenters. The lowest BCUT2D eigenvalue weighted by Gasteiger charge is -2.36. The van der Waals surface area contributed by atoms with Gasteiger partial charge in [-0.1, -0.05) is 56.0 Å². The molecular weight excluding hydrogens is 440 g/mol. The highest BCUT2D eigenvalue weighted by Gasteiger charge is 2.36. The monoisotopic (exact) mass is 472 g/mol. The number of aromatic nitrogens is 3. The Bertz CT molecular complexity index is 1240. The highest BCUT2D eigenvalue weighted by Crippen LogP contribution is 2.35. The fraction of sp³-hybridized carbons (Fsp3) is 0.481. The van der Waals surface area contributed by atoms with Gasteiger partial charge in [0.05, 0.1) is 12.0 Å². The Morgan fingerprint density at radius 3 is 2.74 bits per heavy atom. The molecule has 1 saturated heterocycles. The third-order valence-corrected chi connectivity index (χ3v) is 7.97. The smallest absolute Gasteiger partial charge is 0.268 e. The predicted molar refractivity (Wildman–Crippen MR) is 134 cm³/mol. The summed E-state index contributed by atoms with van der Waals surface area (Å²) in [5, 5.41) is 10.4. The van der Waals surface area contributed by atoms with Crippen LogP contribution in [-0.2, 0) is 4.79 Å². The van der Waals surface area contributed by atoms with E-state index in [1.807, 2.05) is 24.3 Å². The molecule has 0 spiro atoms. The zero-order valence-corrected chi connectivity index (χ0v) is 19.9. The molecule has 1 saturated carbocycles. The van der Waals surface area contributed by atoms with Crippen molar-refractivity contribution >= 4 is 28.8 Å². The molecule has 4 atom stereocenters. The van der Waals surface area contributed by atoms with Crippen molar-refractivity contribution in [2.45, 2.75) is 62.9 Å². The Morgan fingerprint density at radius 2 is 1.89 bits per heavy atom. The van der Waals surface area contributed by atoms with Gasteiger partial charge >= 0.3 is 0 Å². The Labute approximate surface area is 204 Å². The number of hydrogen-bond acceptors (Lipinski definition) is 5. The number of carbonyl (C=O) groups is 2. The quantitative estimate of drug-likeness (QED) is 0.539. The molecule has 182 valence electrons. The predicted octanol–water partition coefficient (Wildman–Crippen LogP) is 3.77. The fourth-order valence-corrected chi connectivity index (χ4v) is 6.20. The van der Waals surface area contributed by atoms with Crippen molar-refractivity contribution < 1.29 is 9.59 Å². The van der Waals surface area contributed by atoms with E-state index in [4.69, 9.17) is 4.98 Å². The van der Waals surface area contributed by atoms with Crippen LogP contribution in [0.4, 0.5) is 5.95 Å². The van der Waals surface area contributed by atoms with Gasteiger partial charge in [-0.05, 0) is 43.4 Å². The van der Waals surface area contributed by atoms with E-state index in [2.05, 4.69) is 37.6 Å². The topological polar surface area (TPSA) is 101 Å². The molecule has 2 aromatic heterocycles. The Balaban J connectivity index is 1.30. The number of nitrogens with one attached hydrogen (secondary N) is 3. The summed E-state index contributed by atoms with van der Waals surface area (Å²) in [5.74, 6) is 0.134. The van der Waals surface area contributed by atoms with Gasteiger partial charge in [0.15, 0.2) is 0 Å². The molecule has 6 rings (SSSR count). The second-order valence-electron chi connectivity index (χ2n) is 10.1. The largest absolute Gasteiger partial charge is 0.346 e. The molecule has 2 aliphatic heterocycles. The summed E-state index contributed by atoms with van der Waals surface area (Å²) < 4.78 is 2.11.